The van der Waals surface area contributed by atoms with Gasteiger partial charge in [0, 0.05) is 57.6 Å². The van der Waals surface area contributed by atoms with Crippen LogP contribution in [0.25, 0.3) is 0 Å². The summed E-state index contributed by atoms with van der Waals surface area (Å²) in [5.41, 5.74) is 5.89. The summed E-state index contributed by atoms with van der Waals surface area (Å²) >= 11 is 0. The highest BCUT2D eigenvalue weighted by atomic mass is 16.2. The SMILES string of the molecule is CCN(CC)C(=O)CC(CN)N1CCn2ccnc2C1. The van der Waals surface area contributed by atoms with Gasteiger partial charge in [-0.05, 0) is 13.8 Å². The molecule has 0 aliphatic carbocycles. The molecule has 0 fully saturated rings. The zero-order valence-corrected chi connectivity index (χ0v) is 12.5. The van der Waals surface area contributed by atoms with Crippen LogP contribution in [0.2, 0.25) is 0 Å². The van der Waals surface area contributed by atoms with E-state index in [9.17, 15) is 4.79 Å². The maximum absolute atomic E-state index is 12.2. The van der Waals surface area contributed by atoms with E-state index in [0.29, 0.717) is 13.0 Å². The molecule has 2 heterocycles. The third-order valence-electron chi connectivity index (χ3n) is 4.09. The molecule has 0 radical (unpaired) electrons. The van der Waals surface area contributed by atoms with Crippen LogP contribution in [-0.4, -0.2) is 57.5 Å². The summed E-state index contributed by atoms with van der Waals surface area (Å²) in [6.45, 7) is 8.68. The van der Waals surface area contributed by atoms with Gasteiger partial charge < -0.3 is 15.2 Å². The zero-order chi connectivity index (χ0) is 14.5. The molecule has 6 heteroatoms. The van der Waals surface area contributed by atoms with Gasteiger partial charge >= 0.3 is 0 Å². The number of aromatic nitrogens is 2. The summed E-state index contributed by atoms with van der Waals surface area (Å²) in [6.07, 6.45) is 4.33. The Kier molecular flexibility index (Phi) is 5.14. The first-order valence-electron chi connectivity index (χ1n) is 7.41. The molecule has 0 spiro atoms. The molecule has 0 saturated heterocycles. The maximum Gasteiger partial charge on any atom is 0.224 e. The van der Waals surface area contributed by atoms with Gasteiger partial charge in [-0.3, -0.25) is 9.69 Å². The van der Waals surface area contributed by atoms with Crippen LogP contribution in [0.15, 0.2) is 12.4 Å². The largest absolute Gasteiger partial charge is 0.343 e. The summed E-state index contributed by atoms with van der Waals surface area (Å²) in [5.74, 6) is 1.25. The summed E-state index contributed by atoms with van der Waals surface area (Å²) in [4.78, 5) is 20.7. The number of amides is 1. The Labute approximate surface area is 120 Å². The second-order valence-electron chi connectivity index (χ2n) is 5.17. The van der Waals surface area contributed by atoms with Crippen molar-refractivity contribution in [2.45, 2.75) is 39.4 Å². The molecule has 112 valence electrons. The van der Waals surface area contributed by atoms with Gasteiger partial charge in [-0.25, -0.2) is 4.98 Å². The van der Waals surface area contributed by atoms with Crippen molar-refractivity contribution >= 4 is 5.91 Å². The van der Waals surface area contributed by atoms with E-state index < -0.39 is 0 Å². The smallest absolute Gasteiger partial charge is 0.224 e. The summed E-state index contributed by atoms with van der Waals surface area (Å²) < 4.78 is 2.16. The first-order chi connectivity index (χ1) is 9.69. The van der Waals surface area contributed by atoms with Crippen LogP contribution in [0.1, 0.15) is 26.1 Å². The van der Waals surface area contributed by atoms with E-state index in [4.69, 9.17) is 5.73 Å². The first-order valence-corrected chi connectivity index (χ1v) is 7.41. The topological polar surface area (TPSA) is 67.4 Å². The summed E-state index contributed by atoms with van der Waals surface area (Å²) in [6, 6.07) is 0.105. The molecular formula is C14H25N5O. The lowest BCUT2D eigenvalue weighted by Crippen LogP contribution is -2.47. The third kappa shape index (κ3) is 3.19. The van der Waals surface area contributed by atoms with Gasteiger partial charge in [-0.2, -0.15) is 0 Å². The predicted octanol–water partition coefficient (Wildman–Crippen LogP) is 0.285. The van der Waals surface area contributed by atoms with Crippen molar-refractivity contribution in [2.24, 2.45) is 5.73 Å². The minimum atomic E-state index is 0.105. The van der Waals surface area contributed by atoms with E-state index in [1.807, 2.05) is 31.1 Å². The Morgan fingerprint density at radius 2 is 2.20 bits per heavy atom. The molecule has 2 rings (SSSR count). The molecule has 20 heavy (non-hydrogen) atoms. The average molecular weight is 279 g/mol. The highest BCUT2D eigenvalue weighted by Crippen LogP contribution is 2.15. The second kappa shape index (κ2) is 6.85. The number of nitrogens with zero attached hydrogens (tertiary/aromatic N) is 4. The highest BCUT2D eigenvalue weighted by molar-refractivity contribution is 5.76. The molecule has 0 bridgehead atoms. The molecule has 2 N–H and O–H groups in total. The Morgan fingerprint density at radius 3 is 2.85 bits per heavy atom. The van der Waals surface area contributed by atoms with Gasteiger partial charge in [0.2, 0.25) is 5.91 Å². The van der Waals surface area contributed by atoms with Crippen LogP contribution < -0.4 is 5.73 Å². The number of rotatable bonds is 6. The van der Waals surface area contributed by atoms with E-state index in [1.54, 1.807) is 0 Å². The molecule has 0 aromatic carbocycles. The number of hydrogen-bond acceptors (Lipinski definition) is 4. The molecule has 1 aromatic rings. The van der Waals surface area contributed by atoms with Gasteiger partial charge in [0.25, 0.3) is 0 Å². The van der Waals surface area contributed by atoms with E-state index >= 15 is 0 Å². The van der Waals surface area contributed by atoms with Crippen molar-refractivity contribution in [1.29, 1.82) is 0 Å². The van der Waals surface area contributed by atoms with E-state index in [2.05, 4.69) is 14.5 Å². The second-order valence-corrected chi connectivity index (χ2v) is 5.17. The number of hydrogen-bond donors (Lipinski definition) is 1. The Balaban J connectivity index is 1.97. The lowest BCUT2D eigenvalue weighted by molar-refractivity contribution is -0.132. The van der Waals surface area contributed by atoms with Crippen molar-refractivity contribution in [3.63, 3.8) is 0 Å². The lowest BCUT2D eigenvalue weighted by atomic mass is 10.1. The number of carbonyl (C=O) groups excluding carboxylic acids is 1. The quantitative estimate of drug-likeness (QED) is 0.812. The van der Waals surface area contributed by atoms with E-state index in [-0.39, 0.29) is 11.9 Å². The first kappa shape index (κ1) is 15.0. The normalized spacial score (nSPS) is 16.8. The molecule has 1 atom stereocenters. The van der Waals surface area contributed by atoms with Crippen molar-refractivity contribution in [3.8, 4) is 0 Å². The van der Waals surface area contributed by atoms with Gasteiger partial charge in [0.05, 0.1) is 6.54 Å². The number of imidazole rings is 1. The van der Waals surface area contributed by atoms with Crippen LogP contribution in [0, 0.1) is 0 Å². The van der Waals surface area contributed by atoms with Crippen LogP contribution in [0.4, 0.5) is 0 Å². The Hall–Kier alpha value is -1.40. The van der Waals surface area contributed by atoms with Crippen LogP contribution in [-0.2, 0) is 17.9 Å². The van der Waals surface area contributed by atoms with Crippen molar-refractivity contribution in [3.05, 3.63) is 18.2 Å². The van der Waals surface area contributed by atoms with Crippen LogP contribution in [0.3, 0.4) is 0 Å². The standard InChI is InChI=1S/C14H25N5O/c1-3-17(4-2)14(20)9-12(10-15)19-8-7-18-6-5-16-13(18)11-19/h5-6,12H,3-4,7-11,15H2,1-2H3. The fourth-order valence-electron chi connectivity index (χ4n) is 2.77. The number of nitrogens with two attached hydrogens (primary N) is 1. The van der Waals surface area contributed by atoms with E-state index in [1.165, 1.54) is 0 Å². The molecule has 1 aliphatic rings. The predicted molar refractivity (Wildman–Crippen MR) is 78.0 cm³/mol. The van der Waals surface area contributed by atoms with Gasteiger partial charge in [-0.1, -0.05) is 0 Å². The Bertz CT molecular complexity index is 441. The fraction of sp³-hybridized carbons (Fsp3) is 0.714. The van der Waals surface area contributed by atoms with E-state index in [0.717, 1.165) is 38.5 Å². The molecule has 6 nitrogen and oxygen atoms in total. The number of carbonyl (C=O) groups is 1. The molecule has 1 amide bonds. The maximum atomic E-state index is 12.2. The zero-order valence-electron chi connectivity index (χ0n) is 12.5. The van der Waals surface area contributed by atoms with Crippen molar-refractivity contribution in [1.82, 2.24) is 19.4 Å². The summed E-state index contributed by atoms with van der Waals surface area (Å²) in [5, 5.41) is 0. The average Bonchev–Trinajstić information content (AvgIpc) is 2.93. The summed E-state index contributed by atoms with van der Waals surface area (Å²) in [7, 11) is 0. The monoisotopic (exact) mass is 279 g/mol. The van der Waals surface area contributed by atoms with Gasteiger partial charge in [0.15, 0.2) is 0 Å². The van der Waals surface area contributed by atoms with Crippen molar-refractivity contribution < 1.29 is 4.79 Å². The minimum absolute atomic E-state index is 0.105. The lowest BCUT2D eigenvalue weighted by Gasteiger charge is -2.34. The van der Waals surface area contributed by atoms with Crippen LogP contribution in [0.5, 0.6) is 0 Å². The molecule has 0 saturated carbocycles. The molecule has 1 aromatic heterocycles. The Morgan fingerprint density at radius 1 is 1.45 bits per heavy atom. The molecule has 1 aliphatic heterocycles. The van der Waals surface area contributed by atoms with Crippen LogP contribution >= 0.6 is 0 Å². The highest BCUT2D eigenvalue weighted by Gasteiger charge is 2.26. The minimum Gasteiger partial charge on any atom is -0.343 e. The molecular weight excluding hydrogens is 254 g/mol. The van der Waals surface area contributed by atoms with Gasteiger partial charge in [0.1, 0.15) is 5.82 Å². The molecule has 1 unspecified atom stereocenters. The van der Waals surface area contributed by atoms with Gasteiger partial charge in [-0.15, -0.1) is 0 Å². The third-order valence-corrected chi connectivity index (χ3v) is 4.09. The van der Waals surface area contributed by atoms with Crippen molar-refractivity contribution in [2.75, 3.05) is 26.2 Å². The number of fused-ring (bicyclic) bond motifs is 1. The fourth-order valence-corrected chi connectivity index (χ4v) is 2.77.